The van der Waals surface area contributed by atoms with Crippen molar-refractivity contribution in [2.75, 3.05) is 0 Å². The van der Waals surface area contributed by atoms with Crippen LogP contribution in [0.4, 0.5) is 0 Å². The van der Waals surface area contributed by atoms with E-state index in [0.29, 0.717) is 5.02 Å². The summed E-state index contributed by atoms with van der Waals surface area (Å²) in [6.45, 7) is 0. The van der Waals surface area contributed by atoms with E-state index in [9.17, 15) is 0 Å². The Morgan fingerprint density at radius 1 is 1.55 bits per heavy atom. The van der Waals surface area contributed by atoms with Crippen molar-refractivity contribution in [1.82, 2.24) is 9.61 Å². The van der Waals surface area contributed by atoms with Crippen LogP contribution in [0.15, 0.2) is 24.5 Å². The number of pyridine rings is 1. The topological polar surface area (TPSA) is 17.3 Å². The Morgan fingerprint density at radius 2 is 2.36 bits per heavy atom. The third-order valence-corrected chi connectivity index (χ3v) is 2.40. The lowest BCUT2D eigenvalue weighted by atomic mass is 10.4. The van der Waals surface area contributed by atoms with E-state index < -0.39 is 0 Å². The Bertz CT molecular complexity index is 396. The predicted molar refractivity (Wildman–Crippen MR) is 52.9 cm³/mol. The van der Waals surface area contributed by atoms with Crippen LogP contribution in [0.25, 0.3) is 5.52 Å². The second kappa shape index (κ2) is 2.64. The highest BCUT2D eigenvalue weighted by Crippen LogP contribution is 2.17. The standard InChI is InChI=1S/C7H4ClIN2/c8-6-4-10-11-2-1-5(9)3-7(6)11/h1-4H. The minimum absolute atomic E-state index is 0.698. The fourth-order valence-electron chi connectivity index (χ4n) is 0.925. The molecule has 0 fully saturated rings. The molecule has 0 amide bonds. The molecule has 2 heterocycles. The Kier molecular flexibility index (Phi) is 1.77. The van der Waals surface area contributed by atoms with Gasteiger partial charge < -0.3 is 0 Å². The lowest BCUT2D eigenvalue weighted by Crippen LogP contribution is -1.84. The zero-order valence-electron chi connectivity index (χ0n) is 5.46. The highest BCUT2D eigenvalue weighted by atomic mass is 127. The third kappa shape index (κ3) is 1.22. The van der Waals surface area contributed by atoms with Gasteiger partial charge in [0.2, 0.25) is 0 Å². The van der Waals surface area contributed by atoms with Crippen LogP contribution < -0.4 is 0 Å². The normalized spacial score (nSPS) is 10.7. The van der Waals surface area contributed by atoms with Crippen molar-refractivity contribution in [2.45, 2.75) is 0 Å². The van der Waals surface area contributed by atoms with Crippen LogP contribution in [0.1, 0.15) is 0 Å². The molecule has 0 atom stereocenters. The summed E-state index contributed by atoms with van der Waals surface area (Å²) in [7, 11) is 0. The molecule has 0 unspecified atom stereocenters. The van der Waals surface area contributed by atoms with Gasteiger partial charge in [0, 0.05) is 9.77 Å². The van der Waals surface area contributed by atoms with Gasteiger partial charge >= 0.3 is 0 Å². The smallest absolute Gasteiger partial charge is 0.0864 e. The van der Waals surface area contributed by atoms with Gasteiger partial charge in [-0.1, -0.05) is 11.6 Å². The molecule has 0 saturated carbocycles. The predicted octanol–water partition coefficient (Wildman–Crippen LogP) is 2.59. The fraction of sp³-hybridized carbons (Fsp3) is 0. The van der Waals surface area contributed by atoms with Crippen LogP contribution in [-0.2, 0) is 0 Å². The number of fused-ring (bicyclic) bond motifs is 1. The largest absolute Gasteiger partial charge is 0.239 e. The Balaban J connectivity index is 2.87. The summed E-state index contributed by atoms with van der Waals surface area (Å²) >= 11 is 8.10. The van der Waals surface area contributed by atoms with Gasteiger partial charge in [0.25, 0.3) is 0 Å². The first-order valence-electron chi connectivity index (χ1n) is 3.06. The molecule has 0 aliphatic carbocycles. The van der Waals surface area contributed by atoms with Gasteiger partial charge in [-0.2, -0.15) is 5.10 Å². The summed E-state index contributed by atoms with van der Waals surface area (Å²) in [5.74, 6) is 0. The maximum atomic E-state index is 5.86. The van der Waals surface area contributed by atoms with Crippen LogP contribution in [0.2, 0.25) is 5.02 Å². The second-order valence-electron chi connectivity index (χ2n) is 2.17. The van der Waals surface area contributed by atoms with Gasteiger partial charge in [0.1, 0.15) is 0 Å². The highest BCUT2D eigenvalue weighted by Gasteiger charge is 1.99. The fourth-order valence-corrected chi connectivity index (χ4v) is 1.57. The van der Waals surface area contributed by atoms with E-state index in [-0.39, 0.29) is 0 Å². The maximum absolute atomic E-state index is 5.86. The molecule has 0 N–H and O–H groups in total. The van der Waals surface area contributed by atoms with Crippen LogP contribution in [0.5, 0.6) is 0 Å². The number of hydrogen-bond acceptors (Lipinski definition) is 1. The molecule has 0 spiro atoms. The Hall–Kier alpha value is -0.290. The van der Waals surface area contributed by atoms with Crippen molar-refractivity contribution >= 4 is 39.7 Å². The molecule has 2 rings (SSSR count). The van der Waals surface area contributed by atoms with Crippen LogP contribution >= 0.6 is 34.2 Å². The lowest BCUT2D eigenvalue weighted by molar-refractivity contribution is 0.959. The second-order valence-corrected chi connectivity index (χ2v) is 3.82. The molecule has 0 saturated heterocycles. The molecule has 0 radical (unpaired) electrons. The van der Waals surface area contributed by atoms with Crippen molar-refractivity contribution in [3.63, 3.8) is 0 Å². The van der Waals surface area contributed by atoms with E-state index in [1.54, 1.807) is 10.7 Å². The van der Waals surface area contributed by atoms with E-state index in [1.807, 2.05) is 18.3 Å². The zero-order chi connectivity index (χ0) is 7.84. The van der Waals surface area contributed by atoms with Crippen molar-refractivity contribution < 1.29 is 0 Å². The molecular formula is C7H4ClIN2. The van der Waals surface area contributed by atoms with E-state index in [4.69, 9.17) is 11.6 Å². The van der Waals surface area contributed by atoms with Crippen LogP contribution in [0.3, 0.4) is 0 Å². The van der Waals surface area contributed by atoms with Crippen LogP contribution in [-0.4, -0.2) is 9.61 Å². The van der Waals surface area contributed by atoms with E-state index >= 15 is 0 Å². The van der Waals surface area contributed by atoms with Gasteiger partial charge in [0.15, 0.2) is 0 Å². The van der Waals surface area contributed by atoms with Gasteiger partial charge in [-0.15, -0.1) is 0 Å². The molecule has 0 aliphatic heterocycles. The maximum Gasteiger partial charge on any atom is 0.0864 e. The average Bonchev–Trinajstić information content (AvgIpc) is 2.33. The SMILES string of the molecule is Clc1cnn2ccc(I)cc12. The monoisotopic (exact) mass is 278 g/mol. The van der Waals surface area contributed by atoms with Crippen molar-refractivity contribution in [2.24, 2.45) is 0 Å². The number of halogens is 2. The summed E-state index contributed by atoms with van der Waals surface area (Å²) in [4.78, 5) is 0. The van der Waals surface area contributed by atoms with Gasteiger partial charge in [-0.25, -0.2) is 4.52 Å². The lowest BCUT2D eigenvalue weighted by Gasteiger charge is -1.92. The van der Waals surface area contributed by atoms with Gasteiger partial charge in [0.05, 0.1) is 16.7 Å². The van der Waals surface area contributed by atoms with Crippen LogP contribution in [0, 0.1) is 3.57 Å². The van der Waals surface area contributed by atoms with E-state index in [0.717, 1.165) is 9.09 Å². The number of hydrogen-bond donors (Lipinski definition) is 0. The van der Waals surface area contributed by atoms with Crippen molar-refractivity contribution in [3.05, 3.63) is 33.1 Å². The summed E-state index contributed by atoms with van der Waals surface area (Å²) < 4.78 is 2.92. The molecule has 2 nitrogen and oxygen atoms in total. The molecule has 0 aliphatic rings. The first-order valence-corrected chi connectivity index (χ1v) is 4.51. The molecular weight excluding hydrogens is 274 g/mol. The minimum atomic E-state index is 0.698. The number of nitrogens with zero attached hydrogens (tertiary/aromatic N) is 2. The summed E-state index contributed by atoms with van der Waals surface area (Å²) in [6, 6.07) is 3.98. The Morgan fingerprint density at radius 3 is 3.18 bits per heavy atom. The van der Waals surface area contributed by atoms with E-state index in [2.05, 4.69) is 27.7 Å². The first-order chi connectivity index (χ1) is 5.27. The Labute approximate surface area is 82.3 Å². The summed E-state index contributed by atoms with van der Waals surface area (Å²) in [5.41, 5.74) is 0.957. The van der Waals surface area contributed by atoms with Gasteiger partial charge in [-0.05, 0) is 34.7 Å². The van der Waals surface area contributed by atoms with E-state index in [1.165, 1.54) is 0 Å². The minimum Gasteiger partial charge on any atom is -0.239 e. The zero-order valence-corrected chi connectivity index (χ0v) is 8.37. The molecule has 0 bridgehead atoms. The first kappa shape index (κ1) is 7.36. The number of rotatable bonds is 0. The molecule has 4 heteroatoms. The number of aromatic nitrogens is 2. The highest BCUT2D eigenvalue weighted by molar-refractivity contribution is 14.1. The molecule has 11 heavy (non-hydrogen) atoms. The average molecular weight is 278 g/mol. The molecule has 2 aromatic heterocycles. The molecule has 0 aromatic carbocycles. The summed E-state index contributed by atoms with van der Waals surface area (Å²) in [5, 5.41) is 4.74. The van der Waals surface area contributed by atoms with Crippen molar-refractivity contribution in [3.8, 4) is 0 Å². The third-order valence-electron chi connectivity index (χ3n) is 1.44. The van der Waals surface area contributed by atoms with Crippen molar-refractivity contribution in [1.29, 1.82) is 0 Å². The molecule has 56 valence electrons. The van der Waals surface area contributed by atoms with Gasteiger partial charge in [-0.3, -0.25) is 0 Å². The quantitative estimate of drug-likeness (QED) is 0.677. The molecule has 2 aromatic rings. The summed E-state index contributed by atoms with van der Waals surface area (Å²) in [6.07, 6.45) is 3.54.